The van der Waals surface area contributed by atoms with Gasteiger partial charge in [0, 0.05) is 56.0 Å². The van der Waals surface area contributed by atoms with Gasteiger partial charge in [-0.05, 0) is 26.0 Å². The molecule has 1 aromatic heterocycles. The average Bonchev–Trinajstić information content (AvgIpc) is 3.03. The van der Waals surface area contributed by atoms with E-state index in [-0.39, 0.29) is 23.9 Å². The summed E-state index contributed by atoms with van der Waals surface area (Å²) in [6.07, 6.45) is 1.81. The third-order valence-electron chi connectivity index (χ3n) is 6.49. The third-order valence-corrected chi connectivity index (χ3v) is 6.80. The average molecular weight is 459 g/mol. The summed E-state index contributed by atoms with van der Waals surface area (Å²) in [7, 11) is 1.69. The summed E-state index contributed by atoms with van der Waals surface area (Å²) in [4.78, 5) is 22.0. The maximum absolute atomic E-state index is 13.5. The lowest BCUT2D eigenvalue weighted by Crippen LogP contribution is -2.65. The second-order valence-electron chi connectivity index (χ2n) is 9.48. The molecular weight excluding hydrogens is 428 g/mol. The Hall–Kier alpha value is -2.19. The topological polar surface area (TPSA) is 66.9 Å². The van der Waals surface area contributed by atoms with Crippen LogP contribution in [0.3, 0.4) is 0 Å². The van der Waals surface area contributed by atoms with Crippen molar-refractivity contribution in [3.63, 3.8) is 0 Å². The number of anilines is 1. The molecule has 0 unspecified atom stereocenters. The minimum Gasteiger partial charge on any atom is -0.437 e. The summed E-state index contributed by atoms with van der Waals surface area (Å²) < 4.78 is 11.7. The summed E-state index contributed by atoms with van der Waals surface area (Å²) in [6, 6.07) is 9.38. The number of methoxy groups -OCH3 is 1. The molecule has 2 atom stereocenters. The van der Waals surface area contributed by atoms with Crippen LogP contribution in [-0.4, -0.2) is 60.8 Å². The highest BCUT2D eigenvalue weighted by Gasteiger charge is 2.42. The Morgan fingerprint density at radius 2 is 2.06 bits per heavy atom. The predicted molar refractivity (Wildman–Crippen MR) is 126 cm³/mol. The standard InChI is InChI=1S/C24H31ClN4O3/c1-16-12-28(24(4,31-5)14-27-16)13-22(30)29-15-23(2,3)17-11-26-21(10-19(17)29)32-20-9-7-6-8-18(20)25/h6-11,16,27H,12-15H2,1-5H3/t16-,24-/m1/s1. The summed E-state index contributed by atoms with van der Waals surface area (Å²) in [6.45, 7) is 10.6. The second-order valence-corrected chi connectivity index (χ2v) is 9.88. The molecular formula is C24H31ClN4O3. The number of amides is 1. The van der Waals surface area contributed by atoms with Gasteiger partial charge in [0.25, 0.3) is 0 Å². The van der Waals surface area contributed by atoms with Crippen LogP contribution in [0.25, 0.3) is 0 Å². The molecule has 4 rings (SSSR count). The maximum Gasteiger partial charge on any atom is 0.241 e. The van der Waals surface area contributed by atoms with E-state index in [1.54, 1.807) is 25.4 Å². The number of para-hydroxylation sites is 1. The molecule has 1 saturated heterocycles. The van der Waals surface area contributed by atoms with Gasteiger partial charge in [-0.25, -0.2) is 4.98 Å². The molecule has 0 saturated carbocycles. The first-order valence-electron chi connectivity index (χ1n) is 10.9. The number of nitrogens with one attached hydrogen (secondary N) is 1. The molecule has 2 aromatic rings. The third kappa shape index (κ3) is 4.35. The second kappa shape index (κ2) is 8.63. The normalized spacial score (nSPS) is 24.9. The van der Waals surface area contributed by atoms with E-state index in [9.17, 15) is 4.79 Å². The molecule has 0 radical (unpaired) electrons. The lowest BCUT2D eigenvalue weighted by Gasteiger charge is -2.46. The fourth-order valence-electron chi connectivity index (χ4n) is 4.40. The number of pyridine rings is 1. The number of hydrogen-bond donors (Lipinski definition) is 1. The van der Waals surface area contributed by atoms with E-state index >= 15 is 0 Å². The van der Waals surface area contributed by atoms with Gasteiger partial charge in [-0.3, -0.25) is 9.69 Å². The quantitative estimate of drug-likeness (QED) is 0.735. The van der Waals surface area contributed by atoms with Crippen molar-refractivity contribution in [2.75, 3.05) is 38.2 Å². The molecule has 8 heteroatoms. The Bertz CT molecular complexity index is 1010. The van der Waals surface area contributed by atoms with Crippen molar-refractivity contribution >= 4 is 23.2 Å². The van der Waals surface area contributed by atoms with Crippen molar-refractivity contribution in [2.24, 2.45) is 0 Å². The Labute approximate surface area is 194 Å². The fraction of sp³-hybridized carbons (Fsp3) is 0.500. The number of aromatic nitrogens is 1. The molecule has 1 aromatic carbocycles. The van der Waals surface area contributed by atoms with E-state index in [0.29, 0.717) is 29.7 Å². The number of carbonyl (C=O) groups is 1. The molecule has 0 spiro atoms. The first-order chi connectivity index (χ1) is 15.1. The number of carbonyl (C=O) groups excluding carboxylic acids is 1. The van der Waals surface area contributed by atoms with Gasteiger partial charge < -0.3 is 19.7 Å². The molecule has 3 heterocycles. The van der Waals surface area contributed by atoms with E-state index in [1.807, 2.05) is 30.0 Å². The molecule has 2 aliphatic rings. The van der Waals surface area contributed by atoms with Crippen LogP contribution in [-0.2, 0) is 14.9 Å². The zero-order valence-corrected chi connectivity index (χ0v) is 20.1. The van der Waals surface area contributed by atoms with Crippen LogP contribution in [0.5, 0.6) is 11.6 Å². The monoisotopic (exact) mass is 458 g/mol. The molecule has 1 N–H and O–H groups in total. The van der Waals surface area contributed by atoms with Crippen molar-refractivity contribution in [3.05, 3.63) is 47.1 Å². The number of rotatable bonds is 5. The van der Waals surface area contributed by atoms with Crippen LogP contribution >= 0.6 is 11.6 Å². The summed E-state index contributed by atoms with van der Waals surface area (Å²) in [5.41, 5.74) is 1.12. The lowest BCUT2D eigenvalue weighted by molar-refractivity contribution is -0.150. The van der Waals surface area contributed by atoms with Crippen molar-refractivity contribution < 1.29 is 14.3 Å². The Kier molecular flexibility index (Phi) is 6.20. The summed E-state index contributed by atoms with van der Waals surface area (Å²) in [5, 5.41) is 3.94. The molecule has 0 bridgehead atoms. The number of piperazine rings is 1. The van der Waals surface area contributed by atoms with Gasteiger partial charge in [0.2, 0.25) is 11.8 Å². The zero-order chi connectivity index (χ0) is 23.1. The smallest absolute Gasteiger partial charge is 0.241 e. The maximum atomic E-state index is 13.5. The summed E-state index contributed by atoms with van der Waals surface area (Å²) >= 11 is 6.24. The lowest BCUT2D eigenvalue weighted by atomic mass is 9.88. The van der Waals surface area contributed by atoms with E-state index < -0.39 is 5.72 Å². The molecule has 2 aliphatic heterocycles. The highest BCUT2D eigenvalue weighted by atomic mass is 35.5. The van der Waals surface area contributed by atoms with Crippen LogP contribution in [0.1, 0.15) is 33.3 Å². The largest absolute Gasteiger partial charge is 0.437 e. The first-order valence-corrected chi connectivity index (χ1v) is 11.3. The number of nitrogens with zero attached hydrogens (tertiary/aromatic N) is 3. The molecule has 0 aliphatic carbocycles. The number of ether oxygens (including phenoxy) is 2. The van der Waals surface area contributed by atoms with E-state index in [1.165, 1.54) is 0 Å². The number of fused-ring (bicyclic) bond motifs is 1. The highest BCUT2D eigenvalue weighted by Crippen LogP contribution is 2.42. The number of benzene rings is 1. The van der Waals surface area contributed by atoms with Crippen molar-refractivity contribution in [3.8, 4) is 11.6 Å². The van der Waals surface area contributed by atoms with Gasteiger partial charge in [0.1, 0.15) is 11.5 Å². The van der Waals surface area contributed by atoms with Crippen molar-refractivity contribution in [1.82, 2.24) is 15.2 Å². The van der Waals surface area contributed by atoms with E-state index in [2.05, 4.69) is 36.0 Å². The zero-order valence-electron chi connectivity index (χ0n) is 19.3. The minimum atomic E-state index is -0.531. The van der Waals surface area contributed by atoms with Gasteiger partial charge in [-0.15, -0.1) is 0 Å². The predicted octanol–water partition coefficient (Wildman–Crippen LogP) is 3.81. The van der Waals surface area contributed by atoms with Crippen molar-refractivity contribution in [2.45, 2.75) is 44.9 Å². The van der Waals surface area contributed by atoms with Gasteiger partial charge in [-0.2, -0.15) is 0 Å². The van der Waals surface area contributed by atoms with E-state index in [4.69, 9.17) is 21.1 Å². The Morgan fingerprint density at radius 1 is 1.31 bits per heavy atom. The van der Waals surface area contributed by atoms with Crippen LogP contribution < -0.4 is 15.0 Å². The van der Waals surface area contributed by atoms with Gasteiger partial charge >= 0.3 is 0 Å². The molecule has 1 fully saturated rings. The fourth-order valence-corrected chi connectivity index (χ4v) is 4.57. The SMILES string of the molecule is CO[C@]1(C)CN[C@H](C)CN1CC(=O)N1CC(C)(C)c2cnc(Oc3ccccc3Cl)cc21. The minimum absolute atomic E-state index is 0.0316. The van der Waals surface area contributed by atoms with Gasteiger partial charge in [-0.1, -0.05) is 37.6 Å². The molecule has 32 heavy (non-hydrogen) atoms. The number of halogens is 1. The highest BCUT2D eigenvalue weighted by molar-refractivity contribution is 6.32. The first kappa shape index (κ1) is 23.0. The van der Waals surface area contributed by atoms with Crippen LogP contribution in [0.2, 0.25) is 5.02 Å². The van der Waals surface area contributed by atoms with Crippen LogP contribution in [0.15, 0.2) is 36.5 Å². The Balaban J connectivity index is 1.60. The van der Waals surface area contributed by atoms with Gasteiger partial charge in [0.05, 0.1) is 17.3 Å². The van der Waals surface area contributed by atoms with Gasteiger partial charge in [0.15, 0.2) is 0 Å². The van der Waals surface area contributed by atoms with Crippen LogP contribution in [0, 0.1) is 0 Å². The van der Waals surface area contributed by atoms with Crippen LogP contribution in [0.4, 0.5) is 5.69 Å². The number of hydrogen-bond acceptors (Lipinski definition) is 6. The van der Waals surface area contributed by atoms with E-state index in [0.717, 1.165) is 17.8 Å². The molecule has 172 valence electrons. The molecule has 7 nitrogen and oxygen atoms in total. The summed E-state index contributed by atoms with van der Waals surface area (Å²) in [5.74, 6) is 0.969. The Morgan fingerprint density at radius 3 is 2.78 bits per heavy atom. The van der Waals surface area contributed by atoms with Crippen molar-refractivity contribution in [1.29, 1.82) is 0 Å². The molecule has 1 amide bonds.